The van der Waals surface area contributed by atoms with E-state index in [-0.39, 0.29) is 28.1 Å². The van der Waals surface area contributed by atoms with Gasteiger partial charge in [-0.25, -0.2) is 12.8 Å². The number of halogens is 2. The molecule has 3 rings (SSSR count). The number of hydrogen-bond acceptors (Lipinski definition) is 5. The Hall–Kier alpha value is -3.63. The molecule has 39 heavy (non-hydrogen) atoms. The minimum atomic E-state index is -4.27. The second kappa shape index (κ2) is 13.4. The van der Waals surface area contributed by atoms with E-state index in [1.165, 1.54) is 30.2 Å². The average molecular weight is 576 g/mol. The van der Waals surface area contributed by atoms with E-state index in [1.54, 1.807) is 56.3 Å². The van der Waals surface area contributed by atoms with Crippen LogP contribution in [-0.2, 0) is 26.2 Å². The highest BCUT2D eigenvalue weighted by Gasteiger charge is 2.33. The lowest BCUT2D eigenvalue weighted by Gasteiger charge is -2.33. The number of rotatable bonds is 12. The van der Waals surface area contributed by atoms with Crippen LogP contribution in [0.25, 0.3) is 0 Å². The standard InChI is InChI=1S/C28H31ClFN3O5S/c1-4-26(28(35)31-5-2)32(18-20-11-14-22(38-3)15-12-20)27(34)19-33(21-13-16-25(30)24(29)17-21)39(36,37)23-9-7-6-8-10-23/h6-17,26H,4-5,18-19H2,1-3H3,(H,31,35). The highest BCUT2D eigenvalue weighted by Crippen LogP contribution is 2.28. The van der Waals surface area contributed by atoms with Gasteiger partial charge in [0, 0.05) is 13.1 Å². The molecule has 0 saturated heterocycles. The number of methoxy groups -OCH3 is 1. The summed E-state index contributed by atoms with van der Waals surface area (Å²) in [6.45, 7) is 3.30. The number of nitrogens with one attached hydrogen (secondary N) is 1. The summed E-state index contributed by atoms with van der Waals surface area (Å²) in [4.78, 5) is 28.1. The lowest BCUT2D eigenvalue weighted by molar-refractivity contribution is -0.140. The summed E-state index contributed by atoms with van der Waals surface area (Å²) >= 11 is 5.98. The first-order valence-corrected chi connectivity index (χ1v) is 14.2. The van der Waals surface area contributed by atoms with Crippen LogP contribution in [0.5, 0.6) is 5.75 Å². The van der Waals surface area contributed by atoms with Crippen LogP contribution < -0.4 is 14.4 Å². The van der Waals surface area contributed by atoms with Crippen LogP contribution in [0.3, 0.4) is 0 Å². The fraction of sp³-hybridized carbons (Fsp3) is 0.286. The molecule has 0 bridgehead atoms. The first kappa shape index (κ1) is 29.9. The topological polar surface area (TPSA) is 96.0 Å². The zero-order valence-electron chi connectivity index (χ0n) is 21.9. The molecule has 0 aliphatic rings. The Morgan fingerprint density at radius 2 is 1.69 bits per heavy atom. The molecule has 0 spiro atoms. The number of likely N-dealkylation sites (N-methyl/N-ethyl adjacent to an activating group) is 1. The Kier molecular flexibility index (Phi) is 10.3. The Labute approximate surface area is 233 Å². The average Bonchev–Trinajstić information content (AvgIpc) is 2.94. The maximum Gasteiger partial charge on any atom is 0.264 e. The van der Waals surface area contributed by atoms with Crippen LogP contribution >= 0.6 is 11.6 Å². The van der Waals surface area contributed by atoms with Gasteiger partial charge in [-0.1, -0.05) is 48.9 Å². The van der Waals surface area contributed by atoms with Crippen LogP contribution in [-0.4, -0.2) is 51.4 Å². The van der Waals surface area contributed by atoms with Gasteiger partial charge < -0.3 is 15.0 Å². The molecule has 3 aromatic carbocycles. The molecule has 8 nitrogen and oxygen atoms in total. The monoisotopic (exact) mass is 575 g/mol. The van der Waals surface area contributed by atoms with Crippen molar-refractivity contribution in [3.8, 4) is 5.75 Å². The number of ether oxygens (including phenoxy) is 1. The fourth-order valence-electron chi connectivity index (χ4n) is 4.03. The zero-order chi connectivity index (χ0) is 28.6. The lowest BCUT2D eigenvalue weighted by Crippen LogP contribution is -2.52. The van der Waals surface area contributed by atoms with Gasteiger partial charge in [-0.3, -0.25) is 13.9 Å². The second-order valence-electron chi connectivity index (χ2n) is 8.61. The first-order valence-electron chi connectivity index (χ1n) is 12.3. The molecule has 1 N–H and O–H groups in total. The number of nitrogens with zero attached hydrogens (tertiary/aromatic N) is 2. The minimum Gasteiger partial charge on any atom is -0.497 e. The lowest BCUT2D eigenvalue weighted by atomic mass is 10.1. The summed E-state index contributed by atoms with van der Waals surface area (Å²) < 4.78 is 47.5. The molecule has 0 fully saturated rings. The van der Waals surface area contributed by atoms with Crippen molar-refractivity contribution >= 4 is 39.1 Å². The molecule has 208 valence electrons. The summed E-state index contributed by atoms with van der Waals surface area (Å²) in [7, 11) is -2.73. The maximum absolute atomic E-state index is 14.0. The third-order valence-corrected chi connectivity index (χ3v) is 8.13. The van der Waals surface area contributed by atoms with Gasteiger partial charge in [-0.2, -0.15) is 0 Å². The van der Waals surface area contributed by atoms with E-state index in [0.717, 1.165) is 16.4 Å². The predicted octanol–water partition coefficient (Wildman–Crippen LogP) is 4.63. The fourth-order valence-corrected chi connectivity index (χ4v) is 5.63. The summed E-state index contributed by atoms with van der Waals surface area (Å²) in [5.41, 5.74) is 0.725. The second-order valence-corrected chi connectivity index (χ2v) is 10.9. The van der Waals surface area contributed by atoms with Crippen LogP contribution in [0.2, 0.25) is 5.02 Å². The molecule has 11 heteroatoms. The normalized spacial score (nSPS) is 11.9. The molecule has 2 amide bonds. The van der Waals surface area contributed by atoms with Gasteiger partial charge in [0.25, 0.3) is 10.0 Å². The van der Waals surface area contributed by atoms with E-state index < -0.39 is 34.3 Å². The van der Waals surface area contributed by atoms with Gasteiger partial charge in [0.1, 0.15) is 24.2 Å². The molecule has 0 radical (unpaired) electrons. The Morgan fingerprint density at radius 3 is 2.26 bits per heavy atom. The molecule has 1 unspecified atom stereocenters. The van der Waals surface area contributed by atoms with Crippen LogP contribution in [0.1, 0.15) is 25.8 Å². The van der Waals surface area contributed by atoms with Crippen molar-refractivity contribution in [2.45, 2.75) is 37.8 Å². The minimum absolute atomic E-state index is 0.00839. The van der Waals surface area contributed by atoms with Gasteiger partial charge in [0.2, 0.25) is 11.8 Å². The van der Waals surface area contributed by atoms with Crippen molar-refractivity contribution < 1.29 is 27.1 Å². The van der Waals surface area contributed by atoms with Crippen LogP contribution in [0, 0.1) is 5.82 Å². The summed E-state index contributed by atoms with van der Waals surface area (Å²) in [5, 5.41) is 2.45. The summed E-state index contributed by atoms with van der Waals surface area (Å²) in [6.07, 6.45) is 0.293. The SMILES string of the molecule is CCNC(=O)C(CC)N(Cc1ccc(OC)cc1)C(=O)CN(c1ccc(F)c(Cl)c1)S(=O)(=O)c1ccccc1. The van der Waals surface area contributed by atoms with Crippen molar-refractivity contribution in [1.29, 1.82) is 0 Å². The number of benzene rings is 3. The molecule has 1 atom stereocenters. The van der Waals surface area contributed by atoms with Gasteiger partial charge in [0.05, 0.1) is 22.7 Å². The Bertz CT molecular complexity index is 1390. The van der Waals surface area contributed by atoms with Crippen molar-refractivity contribution in [3.63, 3.8) is 0 Å². The zero-order valence-corrected chi connectivity index (χ0v) is 23.5. The molecule has 3 aromatic rings. The number of carbonyl (C=O) groups excluding carboxylic acids is 2. The van der Waals surface area contributed by atoms with Crippen LogP contribution in [0.4, 0.5) is 10.1 Å². The molecule has 0 aliphatic heterocycles. The molecule has 0 aromatic heterocycles. The van der Waals surface area contributed by atoms with Crippen LogP contribution in [0.15, 0.2) is 77.7 Å². The molecule has 0 saturated carbocycles. The summed E-state index contributed by atoms with van der Waals surface area (Å²) in [5.74, 6) is -1.08. The molecular weight excluding hydrogens is 545 g/mol. The first-order chi connectivity index (χ1) is 18.6. The van der Waals surface area contributed by atoms with Crippen molar-refractivity contribution in [2.75, 3.05) is 24.5 Å². The predicted molar refractivity (Wildman–Crippen MR) is 149 cm³/mol. The van der Waals surface area contributed by atoms with Crippen molar-refractivity contribution in [3.05, 3.63) is 89.2 Å². The summed E-state index contributed by atoms with van der Waals surface area (Å²) in [6, 6.07) is 17.1. The number of hydrogen-bond donors (Lipinski definition) is 1. The van der Waals surface area contributed by atoms with E-state index in [0.29, 0.717) is 24.3 Å². The van der Waals surface area contributed by atoms with E-state index in [1.807, 2.05) is 0 Å². The molecular formula is C28H31ClFN3O5S. The largest absolute Gasteiger partial charge is 0.497 e. The van der Waals surface area contributed by atoms with Gasteiger partial charge in [0.15, 0.2) is 0 Å². The highest BCUT2D eigenvalue weighted by molar-refractivity contribution is 7.92. The number of anilines is 1. The maximum atomic E-state index is 14.0. The molecule has 0 aliphatic carbocycles. The van der Waals surface area contributed by atoms with E-state index in [9.17, 15) is 22.4 Å². The Morgan fingerprint density at radius 1 is 1.03 bits per heavy atom. The quantitative estimate of drug-likeness (QED) is 0.340. The van der Waals surface area contributed by atoms with Gasteiger partial charge in [-0.15, -0.1) is 0 Å². The Balaban J connectivity index is 2.06. The van der Waals surface area contributed by atoms with Gasteiger partial charge >= 0.3 is 0 Å². The smallest absolute Gasteiger partial charge is 0.264 e. The molecule has 0 heterocycles. The number of sulfonamides is 1. The van der Waals surface area contributed by atoms with Gasteiger partial charge in [-0.05, 0) is 61.4 Å². The highest BCUT2D eigenvalue weighted by atomic mass is 35.5. The number of carbonyl (C=O) groups is 2. The van der Waals surface area contributed by atoms with Crippen molar-refractivity contribution in [1.82, 2.24) is 10.2 Å². The third-order valence-electron chi connectivity index (χ3n) is 6.05. The number of amides is 2. The van der Waals surface area contributed by atoms with E-state index >= 15 is 0 Å². The van der Waals surface area contributed by atoms with Crippen molar-refractivity contribution in [2.24, 2.45) is 0 Å². The van der Waals surface area contributed by atoms with E-state index in [2.05, 4.69) is 5.32 Å². The van der Waals surface area contributed by atoms with E-state index in [4.69, 9.17) is 16.3 Å². The third kappa shape index (κ3) is 7.27.